The summed E-state index contributed by atoms with van der Waals surface area (Å²) in [7, 11) is -0.488. The van der Waals surface area contributed by atoms with E-state index in [9.17, 15) is 13.2 Å². The summed E-state index contributed by atoms with van der Waals surface area (Å²) in [6.07, 6.45) is -0.0229. The molecule has 1 amide bonds. The highest BCUT2D eigenvalue weighted by molar-refractivity contribution is 7.89. The molecular weight excluding hydrogens is 376 g/mol. The summed E-state index contributed by atoms with van der Waals surface area (Å²) in [6, 6.07) is 10.8. The molecule has 6 nitrogen and oxygen atoms in total. The van der Waals surface area contributed by atoms with Crippen LogP contribution in [0.1, 0.15) is 23.6 Å². The van der Waals surface area contributed by atoms with Crippen molar-refractivity contribution in [3.8, 4) is 5.75 Å². The number of ether oxygens (including phenoxy) is 1. The molecule has 3 rings (SSSR count). The molecule has 1 heterocycles. The van der Waals surface area contributed by atoms with Crippen molar-refractivity contribution in [2.75, 3.05) is 25.5 Å². The number of hydrogen-bond donors (Lipinski definition) is 0. The number of anilines is 1. The van der Waals surface area contributed by atoms with Crippen molar-refractivity contribution in [3.63, 3.8) is 0 Å². The molecule has 0 aromatic heterocycles. The number of carbonyl (C=O) groups excluding carboxylic acids is 1. The first-order valence-corrected chi connectivity index (χ1v) is 10.7. The minimum atomic E-state index is -3.50. The van der Waals surface area contributed by atoms with Crippen LogP contribution in [0, 0.1) is 13.8 Å². The molecule has 150 valence electrons. The Morgan fingerprint density at radius 2 is 1.86 bits per heavy atom. The number of aryl methyl sites for hydroxylation is 2. The molecule has 0 saturated heterocycles. The lowest BCUT2D eigenvalue weighted by Crippen LogP contribution is -2.39. The first kappa shape index (κ1) is 20.4. The van der Waals surface area contributed by atoms with Gasteiger partial charge in [0.25, 0.3) is 5.91 Å². The number of benzene rings is 2. The minimum absolute atomic E-state index is 0.136. The third kappa shape index (κ3) is 3.77. The van der Waals surface area contributed by atoms with Crippen LogP contribution in [0.4, 0.5) is 5.69 Å². The summed E-state index contributed by atoms with van der Waals surface area (Å²) in [5.41, 5.74) is 3.65. The number of rotatable bonds is 5. The number of nitrogens with zero attached hydrogens (tertiary/aromatic N) is 2. The standard InChI is InChI=1S/C21H26N2O4S/c1-14-6-7-15(2)20(12-14)27-16(3)21(24)23-11-10-17-13-18(8-9-19(17)23)28(25,26)22(4)5/h6-9,12-13,16H,10-11H2,1-5H3. The molecule has 2 aromatic rings. The highest BCUT2D eigenvalue weighted by Crippen LogP contribution is 2.32. The second-order valence-electron chi connectivity index (χ2n) is 7.35. The molecule has 0 N–H and O–H groups in total. The van der Waals surface area contributed by atoms with Crippen LogP contribution in [-0.2, 0) is 21.2 Å². The number of sulfonamides is 1. The molecule has 0 fully saturated rings. The predicted molar refractivity (Wildman–Crippen MR) is 109 cm³/mol. The maximum atomic E-state index is 13.0. The number of fused-ring (bicyclic) bond motifs is 1. The summed E-state index contributed by atoms with van der Waals surface area (Å²) >= 11 is 0. The summed E-state index contributed by atoms with van der Waals surface area (Å²) in [5.74, 6) is 0.565. The molecule has 0 bridgehead atoms. The van der Waals surface area contributed by atoms with Gasteiger partial charge in [0.15, 0.2) is 6.10 Å². The van der Waals surface area contributed by atoms with Crippen molar-refractivity contribution in [3.05, 3.63) is 53.1 Å². The highest BCUT2D eigenvalue weighted by atomic mass is 32.2. The molecule has 0 spiro atoms. The zero-order valence-corrected chi connectivity index (χ0v) is 17.7. The van der Waals surface area contributed by atoms with Gasteiger partial charge in [-0.05, 0) is 68.1 Å². The van der Waals surface area contributed by atoms with E-state index in [4.69, 9.17) is 4.74 Å². The molecule has 7 heteroatoms. The number of carbonyl (C=O) groups is 1. The maximum Gasteiger partial charge on any atom is 0.267 e. The lowest BCUT2D eigenvalue weighted by Gasteiger charge is -2.23. The van der Waals surface area contributed by atoms with Crippen molar-refractivity contribution >= 4 is 21.6 Å². The van der Waals surface area contributed by atoms with Gasteiger partial charge in [0.2, 0.25) is 10.0 Å². The molecular formula is C21H26N2O4S. The van der Waals surface area contributed by atoms with E-state index in [0.717, 1.165) is 22.4 Å². The summed E-state index contributed by atoms with van der Waals surface area (Å²) in [4.78, 5) is 14.9. The van der Waals surface area contributed by atoms with Crippen LogP contribution >= 0.6 is 0 Å². The third-order valence-corrected chi connectivity index (χ3v) is 6.80. The third-order valence-electron chi connectivity index (χ3n) is 4.99. The predicted octanol–water partition coefficient (Wildman–Crippen LogP) is 2.91. The second kappa shape index (κ2) is 7.56. The van der Waals surface area contributed by atoms with Gasteiger partial charge >= 0.3 is 0 Å². The molecule has 0 radical (unpaired) electrons. The van der Waals surface area contributed by atoms with Crippen LogP contribution in [0.2, 0.25) is 0 Å². The van der Waals surface area contributed by atoms with E-state index >= 15 is 0 Å². The molecule has 1 aliphatic heterocycles. The topological polar surface area (TPSA) is 66.9 Å². The van der Waals surface area contributed by atoms with E-state index in [1.165, 1.54) is 18.4 Å². The first-order chi connectivity index (χ1) is 13.1. The van der Waals surface area contributed by atoms with Gasteiger partial charge in [-0.3, -0.25) is 4.79 Å². The smallest absolute Gasteiger partial charge is 0.267 e. The Morgan fingerprint density at radius 3 is 2.54 bits per heavy atom. The van der Waals surface area contributed by atoms with Gasteiger partial charge in [-0.25, -0.2) is 12.7 Å². The van der Waals surface area contributed by atoms with Crippen molar-refractivity contribution in [1.29, 1.82) is 0 Å². The average Bonchev–Trinajstić information content (AvgIpc) is 3.07. The Bertz CT molecular complexity index is 1020. The van der Waals surface area contributed by atoms with E-state index < -0.39 is 16.1 Å². The zero-order valence-electron chi connectivity index (χ0n) is 16.9. The lowest BCUT2D eigenvalue weighted by molar-refractivity contribution is -0.124. The highest BCUT2D eigenvalue weighted by Gasteiger charge is 2.30. The van der Waals surface area contributed by atoms with Crippen molar-refractivity contribution in [1.82, 2.24) is 4.31 Å². The van der Waals surface area contributed by atoms with Crippen molar-refractivity contribution in [2.45, 2.75) is 38.2 Å². The van der Waals surface area contributed by atoms with E-state index in [1.807, 2.05) is 32.0 Å². The second-order valence-corrected chi connectivity index (χ2v) is 9.50. The molecule has 0 aliphatic carbocycles. The molecule has 2 aromatic carbocycles. The van der Waals surface area contributed by atoms with Gasteiger partial charge in [-0.15, -0.1) is 0 Å². The molecule has 1 unspecified atom stereocenters. The summed E-state index contributed by atoms with van der Waals surface area (Å²) in [6.45, 7) is 6.19. The van der Waals surface area contributed by atoms with Crippen LogP contribution < -0.4 is 9.64 Å². The van der Waals surface area contributed by atoms with Gasteiger partial charge in [0.05, 0.1) is 4.90 Å². The monoisotopic (exact) mass is 402 g/mol. The van der Waals surface area contributed by atoms with E-state index in [1.54, 1.807) is 30.0 Å². The Kier molecular flexibility index (Phi) is 5.50. The summed E-state index contributed by atoms with van der Waals surface area (Å²) in [5, 5.41) is 0. The van der Waals surface area contributed by atoms with Crippen molar-refractivity contribution < 1.29 is 17.9 Å². The largest absolute Gasteiger partial charge is 0.481 e. The van der Waals surface area contributed by atoms with Crippen molar-refractivity contribution in [2.24, 2.45) is 0 Å². The fraction of sp³-hybridized carbons (Fsp3) is 0.381. The lowest BCUT2D eigenvalue weighted by atomic mass is 10.1. The van der Waals surface area contributed by atoms with Gasteiger partial charge < -0.3 is 9.64 Å². The first-order valence-electron chi connectivity index (χ1n) is 9.22. The SMILES string of the molecule is Cc1ccc(C)c(OC(C)C(=O)N2CCc3cc(S(=O)(=O)N(C)C)ccc32)c1. The van der Waals surface area contributed by atoms with Crippen LogP contribution in [0.3, 0.4) is 0 Å². The fourth-order valence-corrected chi connectivity index (χ4v) is 4.23. The van der Waals surface area contributed by atoms with Crippen LogP contribution in [0.5, 0.6) is 5.75 Å². The Balaban J connectivity index is 1.81. The zero-order chi connectivity index (χ0) is 20.6. The number of amides is 1. The molecule has 28 heavy (non-hydrogen) atoms. The molecule has 1 aliphatic rings. The molecule has 0 saturated carbocycles. The van der Waals surface area contributed by atoms with Gasteiger partial charge in [-0.1, -0.05) is 12.1 Å². The van der Waals surface area contributed by atoms with Crippen LogP contribution in [0.15, 0.2) is 41.3 Å². The minimum Gasteiger partial charge on any atom is -0.481 e. The van der Waals surface area contributed by atoms with Gasteiger partial charge in [-0.2, -0.15) is 0 Å². The van der Waals surface area contributed by atoms with E-state index in [-0.39, 0.29) is 10.8 Å². The summed E-state index contributed by atoms with van der Waals surface area (Å²) < 4.78 is 31.8. The van der Waals surface area contributed by atoms with Crippen LogP contribution in [0.25, 0.3) is 0 Å². The Hall–Kier alpha value is -2.38. The number of hydrogen-bond acceptors (Lipinski definition) is 4. The normalized spacial score (nSPS) is 14.9. The maximum absolute atomic E-state index is 13.0. The molecule has 1 atom stereocenters. The van der Waals surface area contributed by atoms with Gasteiger partial charge in [0, 0.05) is 26.3 Å². The average molecular weight is 403 g/mol. The van der Waals surface area contributed by atoms with Crippen LogP contribution in [-0.4, -0.2) is 45.4 Å². The van der Waals surface area contributed by atoms with Gasteiger partial charge in [0.1, 0.15) is 5.75 Å². The van der Waals surface area contributed by atoms with E-state index in [0.29, 0.717) is 18.7 Å². The Morgan fingerprint density at radius 1 is 1.14 bits per heavy atom. The quantitative estimate of drug-likeness (QED) is 0.771. The Labute approximate surface area is 166 Å². The van der Waals surface area contributed by atoms with E-state index in [2.05, 4.69) is 0 Å². The fourth-order valence-electron chi connectivity index (χ4n) is 3.27.